The number of nitrogens with zero attached hydrogens (tertiary/aromatic N) is 1. The fraction of sp³-hybridized carbons (Fsp3) is 0. The molecule has 9 aromatic rings. The molecule has 0 aliphatic heterocycles. The molecular weight excluding hydrogens is 518 g/mol. The lowest BCUT2D eigenvalue weighted by molar-refractivity contribution is 1.37. The normalized spacial score (nSPS) is 11.7. The van der Waals surface area contributed by atoms with Crippen LogP contribution in [0.5, 0.6) is 0 Å². The van der Waals surface area contributed by atoms with E-state index < -0.39 is 0 Å². The van der Waals surface area contributed by atoms with Crippen molar-refractivity contribution in [3.8, 4) is 44.5 Å². The zero-order chi connectivity index (χ0) is 28.3. The van der Waals surface area contributed by atoms with E-state index in [0.717, 1.165) is 0 Å². The summed E-state index contributed by atoms with van der Waals surface area (Å²) in [5.74, 6) is 0. The van der Waals surface area contributed by atoms with Crippen molar-refractivity contribution in [3.05, 3.63) is 164 Å². The summed E-state index contributed by atoms with van der Waals surface area (Å²) in [6.07, 6.45) is 0. The molecule has 0 bridgehead atoms. The summed E-state index contributed by atoms with van der Waals surface area (Å²) in [5, 5.41) is 5.24. The maximum absolute atomic E-state index is 2.44. The van der Waals surface area contributed by atoms with E-state index in [4.69, 9.17) is 0 Å². The smallest absolute Gasteiger partial charge is 0.0620 e. The van der Waals surface area contributed by atoms with Crippen LogP contribution >= 0.6 is 0 Å². The van der Waals surface area contributed by atoms with Gasteiger partial charge in [0.25, 0.3) is 0 Å². The molecule has 9 rings (SSSR count). The molecule has 0 radical (unpaired) electrons. The standard InChI is InChI=1S/C42H27N/c1-3-11-28(12-4-1)33-24-34(29-13-5-2-6-14-29)26-35(25-33)31-16-9-15-30(23-31)32-21-22-41-39(27-32)38-19-10-18-37-36-17-7-8-20-40(36)43(41)42(37)38/h1-27H. The highest BCUT2D eigenvalue weighted by Crippen LogP contribution is 2.41. The van der Waals surface area contributed by atoms with E-state index in [1.165, 1.54) is 82.6 Å². The molecule has 0 amide bonds. The van der Waals surface area contributed by atoms with Crippen LogP contribution in [0.25, 0.3) is 82.6 Å². The third-order valence-electron chi connectivity index (χ3n) is 8.90. The highest BCUT2D eigenvalue weighted by atomic mass is 14.9. The van der Waals surface area contributed by atoms with Crippen molar-refractivity contribution in [1.82, 2.24) is 4.40 Å². The number of fused-ring (bicyclic) bond motifs is 6. The van der Waals surface area contributed by atoms with Crippen molar-refractivity contribution in [2.45, 2.75) is 0 Å². The summed E-state index contributed by atoms with van der Waals surface area (Å²) >= 11 is 0. The van der Waals surface area contributed by atoms with Crippen LogP contribution in [0.1, 0.15) is 0 Å². The fourth-order valence-electron chi connectivity index (χ4n) is 6.88. The molecule has 2 aromatic heterocycles. The van der Waals surface area contributed by atoms with Crippen molar-refractivity contribution in [3.63, 3.8) is 0 Å². The van der Waals surface area contributed by atoms with Gasteiger partial charge in [0.2, 0.25) is 0 Å². The Labute approximate surface area is 250 Å². The lowest BCUT2D eigenvalue weighted by Gasteiger charge is -2.12. The molecule has 0 N–H and O–H groups in total. The van der Waals surface area contributed by atoms with Gasteiger partial charge < -0.3 is 4.40 Å². The van der Waals surface area contributed by atoms with Crippen LogP contribution in [0, 0.1) is 0 Å². The molecule has 0 aliphatic carbocycles. The van der Waals surface area contributed by atoms with Gasteiger partial charge in [-0.3, -0.25) is 0 Å². The van der Waals surface area contributed by atoms with E-state index >= 15 is 0 Å². The Morgan fingerprint density at radius 2 is 0.698 bits per heavy atom. The highest BCUT2D eigenvalue weighted by Gasteiger charge is 2.17. The topological polar surface area (TPSA) is 4.41 Å². The van der Waals surface area contributed by atoms with Crippen molar-refractivity contribution in [1.29, 1.82) is 0 Å². The number of para-hydroxylation sites is 2. The maximum Gasteiger partial charge on any atom is 0.0620 e. The number of aromatic nitrogens is 1. The van der Waals surface area contributed by atoms with Crippen LogP contribution in [0.4, 0.5) is 0 Å². The minimum Gasteiger partial charge on any atom is -0.308 e. The van der Waals surface area contributed by atoms with Crippen molar-refractivity contribution < 1.29 is 0 Å². The average Bonchev–Trinajstić information content (AvgIpc) is 3.61. The molecule has 1 heteroatoms. The van der Waals surface area contributed by atoms with E-state index in [-0.39, 0.29) is 0 Å². The zero-order valence-corrected chi connectivity index (χ0v) is 23.5. The molecule has 7 aromatic carbocycles. The highest BCUT2D eigenvalue weighted by molar-refractivity contribution is 6.23. The molecule has 0 saturated carbocycles. The third kappa shape index (κ3) is 3.79. The number of benzene rings is 7. The Bertz CT molecular complexity index is 2370. The van der Waals surface area contributed by atoms with Gasteiger partial charge in [-0.2, -0.15) is 0 Å². The molecule has 0 fully saturated rings. The van der Waals surface area contributed by atoms with Crippen molar-refractivity contribution >= 4 is 38.1 Å². The Balaban J connectivity index is 1.21. The molecule has 1 nitrogen and oxygen atoms in total. The monoisotopic (exact) mass is 545 g/mol. The fourth-order valence-corrected chi connectivity index (χ4v) is 6.88. The van der Waals surface area contributed by atoms with Crippen LogP contribution in [-0.4, -0.2) is 4.40 Å². The van der Waals surface area contributed by atoms with Crippen LogP contribution in [0.3, 0.4) is 0 Å². The largest absolute Gasteiger partial charge is 0.308 e. The van der Waals surface area contributed by atoms with Crippen LogP contribution in [0.15, 0.2) is 164 Å². The first kappa shape index (κ1) is 24.0. The SMILES string of the molecule is c1ccc(-c2cc(-c3ccccc3)cc(-c3cccc(-c4ccc5c(c4)c4cccc6c7ccccc7n5c64)c3)c2)cc1. The second-order valence-electron chi connectivity index (χ2n) is 11.4. The summed E-state index contributed by atoms with van der Waals surface area (Å²) in [6, 6.07) is 59.7. The molecule has 0 spiro atoms. The quantitative estimate of drug-likeness (QED) is 0.207. The molecule has 0 atom stereocenters. The van der Waals surface area contributed by atoms with Crippen LogP contribution < -0.4 is 0 Å². The Kier molecular flexibility index (Phi) is 5.27. The Hall–Kier alpha value is -5.66. The maximum atomic E-state index is 2.44. The lowest BCUT2D eigenvalue weighted by atomic mass is 9.92. The van der Waals surface area contributed by atoms with E-state index in [9.17, 15) is 0 Å². The Morgan fingerprint density at radius 1 is 0.256 bits per heavy atom. The molecule has 0 saturated heterocycles. The van der Waals surface area contributed by atoms with E-state index in [2.05, 4.69) is 168 Å². The first-order chi connectivity index (χ1) is 21.3. The molecule has 0 unspecified atom stereocenters. The first-order valence-electron chi connectivity index (χ1n) is 14.9. The van der Waals surface area contributed by atoms with Crippen molar-refractivity contribution in [2.75, 3.05) is 0 Å². The summed E-state index contributed by atoms with van der Waals surface area (Å²) in [5.41, 5.74) is 13.6. The lowest BCUT2D eigenvalue weighted by Crippen LogP contribution is -1.87. The number of hydrogen-bond donors (Lipinski definition) is 0. The van der Waals surface area contributed by atoms with Crippen LogP contribution in [0.2, 0.25) is 0 Å². The van der Waals surface area contributed by atoms with Gasteiger partial charge in [-0.05, 0) is 87.0 Å². The van der Waals surface area contributed by atoms with Gasteiger partial charge in [-0.25, -0.2) is 0 Å². The van der Waals surface area contributed by atoms with E-state index in [1.807, 2.05) is 0 Å². The summed E-state index contributed by atoms with van der Waals surface area (Å²) in [4.78, 5) is 0. The molecule has 43 heavy (non-hydrogen) atoms. The summed E-state index contributed by atoms with van der Waals surface area (Å²) in [6.45, 7) is 0. The predicted octanol–water partition coefficient (Wildman–Crippen LogP) is 11.5. The van der Waals surface area contributed by atoms with Gasteiger partial charge in [-0.15, -0.1) is 0 Å². The predicted molar refractivity (Wildman–Crippen MR) is 183 cm³/mol. The summed E-state index contributed by atoms with van der Waals surface area (Å²) in [7, 11) is 0. The number of hydrogen-bond acceptors (Lipinski definition) is 0. The van der Waals surface area contributed by atoms with E-state index in [0.29, 0.717) is 0 Å². The second kappa shape index (κ2) is 9.44. The minimum absolute atomic E-state index is 1.22. The van der Waals surface area contributed by atoms with Gasteiger partial charge in [0.15, 0.2) is 0 Å². The molecule has 2 heterocycles. The molecule has 200 valence electrons. The second-order valence-corrected chi connectivity index (χ2v) is 11.4. The Morgan fingerprint density at radius 3 is 1.40 bits per heavy atom. The van der Waals surface area contributed by atoms with Gasteiger partial charge in [-0.1, -0.05) is 121 Å². The minimum atomic E-state index is 1.22. The van der Waals surface area contributed by atoms with Gasteiger partial charge in [0.1, 0.15) is 0 Å². The van der Waals surface area contributed by atoms with E-state index in [1.54, 1.807) is 0 Å². The zero-order valence-electron chi connectivity index (χ0n) is 23.5. The first-order valence-corrected chi connectivity index (χ1v) is 14.9. The van der Waals surface area contributed by atoms with Gasteiger partial charge >= 0.3 is 0 Å². The average molecular weight is 546 g/mol. The van der Waals surface area contributed by atoms with Gasteiger partial charge in [0.05, 0.1) is 16.6 Å². The molecule has 0 aliphatic rings. The third-order valence-corrected chi connectivity index (χ3v) is 8.90. The van der Waals surface area contributed by atoms with Crippen molar-refractivity contribution in [2.24, 2.45) is 0 Å². The molecular formula is C42H27N. The summed E-state index contributed by atoms with van der Waals surface area (Å²) < 4.78 is 2.44. The van der Waals surface area contributed by atoms with Gasteiger partial charge in [0, 0.05) is 21.5 Å². The number of rotatable bonds is 4. The van der Waals surface area contributed by atoms with Crippen LogP contribution in [-0.2, 0) is 0 Å².